The molecule has 0 aliphatic carbocycles. The van der Waals surface area contributed by atoms with Crippen LogP contribution in [-0.4, -0.2) is 111 Å². The molecule has 0 aromatic heterocycles. The molecule has 0 radical (unpaired) electrons. The van der Waals surface area contributed by atoms with Gasteiger partial charge in [0.05, 0.1) is 50.9 Å². The Morgan fingerprint density at radius 3 is 2.37 bits per heavy atom. The van der Waals surface area contributed by atoms with Crippen LogP contribution in [0.3, 0.4) is 0 Å². The lowest BCUT2D eigenvalue weighted by Gasteiger charge is -2.39. The number of aliphatic hydroxyl groups excluding tert-OH is 1. The van der Waals surface area contributed by atoms with Gasteiger partial charge in [-0.3, -0.25) is 0 Å². The number of aliphatic hydroxyl groups is 1. The third kappa shape index (κ3) is 10.4. The lowest BCUT2D eigenvalue weighted by Crippen LogP contribution is -2.51. The fraction of sp³-hybridized carbons (Fsp3) is 0.636. The van der Waals surface area contributed by atoms with Gasteiger partial charge in [0.2, 0.25) is 0 Å². The van der Waals surface area contributed by atoms with E-state index < -0.39 is 6.10 Å². The summed E-state index contributed by atoms with van der Waals surface area (Å²) in [6.07, 6.45) is 0.855. The van der Waals surface area contributed by atoms with E-state index in [0.717, 1.165) is 60.7 Å². The van der Waals surface area contributed by atoms with Crippen molar-refractivity contribution < 1.29 is 38.3 Å². The van der Waals surface area contributed by atoms with Gasteiger partial charge in [0.25, 0.3) is 0 Å². The maximum absolute atomic E-state index is 10.3. The van der Waals surface area contributed by atoms with Gasteiger partial charge >= 0.3 is 0 Å². The molecule has 2 heterocycles. The first-order valence-corrected chi connectivity index (χ1v) is 15.4. The van der Waals surface area contributed by atoms with Crippen molar-refractivity contribution in [2.45, 2.75) is 50.3 Å². The van der Waals surface area contributed by atoms with Crippen LogP contribution in [0.15, 0.2) is 42.5 Å². The summed E-state index contributed by atoms with van der Waals surface area (Å²) in [4.78, 5) is 2.37. The minimum atomic E-state index is -0.686. The number of anilines is 1. The molecule has 2 N–H and O–H groups in total. The number of hydrogen-bond acceptors (Lipinski definition) is 10. The minimum absolute atomic E-state index is 0.0147. The second-order valence-electron chi connectivity index (χ2n) is 11.1. The van der Waals surface area contributed by atoms with Gasteiger partial charge in [-0.2, -0.15) is 0 Å². The summed E-state index contributed by atoms with van der Waals surface area (Å²) in [5, 5.41) is 13.8. The zero-order valence-corrected chi connectivity index (χ0v) is 26.0. The van der Waals surface area contributed by atoms with Gasteiger partial charge < -0.3 is 48.5 Å². The van der Waals surface area contributed by atoms with Crippen molar-refractivity contribution in [3.8, 4) is 5.75 Å². The SMILES string of the molecule is COCCCOCc1ccc([C@@H]2[C@@H](OCc3ccc4c(c3)N(CCCOC)CCO4)CNC[C@H]2OC[C@H](O)COC)cc1. The van der Waals surface area contributed by atoms with Gasteiger partial charge in [-0.1, -0.05) is 30.3 Å². The Morgan fingerprint density at radius 1 is 0.860 bits per heavy atom. The molecule has 10 nitrogen and oxygen atoms in total. The molecule has 2 aromatic carbocycles. The summed E-state index contributed by atoms with van der Waals surface area (Å²) in [5.74, 6) is 0.898. The molecule has 4 rings (SSSR count). The molecule has 1 saturated heterocycles. The van der Waals surface area contributed by atoms with Crippen LogP contribution in [-0.2, 0) is 41.6 Å². The van der Waals surface area contributed by atoms with Crippen LogP contribution >= 0.6 is 0 Å². The van der Waals surface area contributed by atoms with E-state index in [1.165, 1.54) is 0 Å². The first-order valence-electron chi connectivity index (χ1n) is 15.4. The molecular weight excluding hydrogens is 552 g/mol. The number of methoxy groups -OCH3 is 3. The number of piperidine rings is 1. The fourth-order valence-electron chi connectivity index (χ4n) is 5.67. The van der Waals surface area contributed by atoms with E-state index in [1.807, 2.05) is 6.07 Å². The molecule has 2 aromatic rings. The van der Waals surface area contributed by atoms with Crippen LogP contribution in [0.25, 0.3) is 0 Å². The van der Waals surface area contributed by atoms with Crippen molar-refractivity contribution in [2.24, 2.45) is 0 Å². The molecular formula is C33H50N2O8. The van der Waals surface area contributed by atoms with Crippen LogP contribution < -0.4 is 15.0 Å². The highest BCUT2D eigenvalue weighted by molar-refractivity contribution is 5.61. The van der Waals surface area contributed by atoms with Crippen LogP contribution in [0.4, 0.5) is 5.69 Å². The predicted octanol–water partition coefficient (Wildman–Crippen LogP) is 3.14. The molecule has 0 unspecified atom stereocenters. The Balaban J connectivity index is 1.45. The lowest BCUT2D eigenvalue weighted by atomic mass is 9.85. The normalized spacial score (nSPS) is 20.9. The van der Waals surface area contributed by atoms with E-state index in [1.54, 1.807) is 21.3 Å². The van der Waals surface area contributed by atoms with E-state index >= 15 is 0 Å². The number of nitrogens with one attached hydrogen (secondary N) is 1. The van der Waals surface area contributed by atoms with Gasteiger partial charge in [0.1, 0.15) is 18.5 Å². The summed E-state index contributed by atoms with van der Waals surface area (Å²) in [6, 6.07) is 14.8. The standard InChI is InChI=1S/C33H50N2O8/c1-37-14-4-12-35-13-17-41-30-11-8-26(18-29(30)35)22-42-31-19-34-20-32(43-24-28(36)23-39-3)33(31)27-9-6-25(7-10-27)21-40-16-5-15-38-2/h6-11,18,28,31-34,36H,4-5,12-17,19-24H2,1-3H3/t28-,31+,32-,33-/m1/s1. The molecule has 4 atom stereocenters. The quantitative estimate of drug-likeness (QED) is 0.233. The second-order valence-corrected chi connectivity index (χ2v) is 11.1. The molecule has 43 heavy (non-hydrogen) atoms. The van der Waals surface area contributed by atoms with E-state index in [-0.39, 0.29) is 31.3 Å². The topological polar surface area (TPSA) is 100 Å². The van der Waals surface area contributed by atoms with Gasteiger partial charge in [-0.25, -0.2) is 0 Å². The minimum Gasteiger partial charge on any atom is -0.490 e. The molecule has 0 spiro atoms. The maximum atomic E-state index is 10.3. The highest BCUT2D eigenvalue weighted by Gasteiger charge is 2.36. The number of fused-ring (bicyclic) bond motifs is 1. The predicted molar refractivity (Wildman–Crippen MR) is 165 cm³/mol. The van der Waals surface area contributed by atoms with E-state index in [0.29, 0.717) is 46.1 Å². The van der Waals surface area contributed by atoms with Gasteiger partial charge in [0, 0.05) is 66.7 Å². The Hall–Kier alpha value is -2.28. The van der Waals surface area contributed by atoms with E-state index in [4.69, 9.17) is 33.2 Å². The summed E-state index contributed by atoms with van der Waals surface area (Å²) >= 11 is 0. The molecule has 240 valence electrons. The van der Waals surface area contributed by atoms with Crippen molar-refractivity contribution in [1.82, 2.24) is 5.32 Å². The third-order valence-corrected chi connectivity index (χ3v) is 7.85. The van der Waals surface area contributed by atoms with Crippen molar-refractivity contribution in [3.63, 3.8) is 0 Å². The average Bonchev–Trinajstić information content (AvgIpc) is 3.03. The highest BCUT2D eigenvalue weighted by atomic mass is 16.5. The molecule has 0 saturated carbocycles. The van der Waals surface area contributed by atoms with Crippen molar-refractivity contribution in [3.05, 3.63) is 59.2 Å². The van der Waals surface area contributed by atoms with Crippen LogP contribution in [0.1, 0.15) is 35.4 Å². The number of ether oxygens (including phenoxy) is 7. The first kappa shape index (κ1) is 33.6. The third-order valence-electron chi connectivity index (χ3n) is 7.85. The smallest absolute Gasteiger partial charge is 0.142 e. The summed E-state index contributed by atoms with van der Waals surface area (Å²) in [5.41, 5.74) is 4.46. The van der Waals surface area contributed by atoms with Crippen molar-refractivity contribution >= 4 is 5.69 Å². The van der Waals surface area contributed by atoms with Gasteiger partial charge in [0.15, 0.2) is 0 Å². The Bertz CT molecular complexity index is 1060. The van der Waals surface area contributed by atoms with Crippen LogP contribution in [0, 0.1) is 0 Å². The molecule has 0 amide bonds. The van der Waals surface area contributed by atoms with E-state index in [2.05, 4.69) is 46.6 Å². The van der Waals surface area contributed by atoms with Crippen molar-refractivity contribution in [2.75, 3.05) is 92.0 Å². The molecule has 2 aliphatic heterocycles. The number of benzene rings is 2. The Kier molecular flexibility index (Phi) is 14.5. The number of nitrogens with zero attached hydrogens (tertiary/aromatic N) is 1. The van der Waals surface area contributed by atoms with Crippen molar-refractivity contribution in [1.29, 1.82) is 0 Å². The summed E-state index contributed by atoms with van der Waals surface area (Å²) in [7, 11) is 5.02. The monoisotopic (exact) mass is 602 g/mol. The second kappa shape index (κ2) is 18.5. The van der Waals surface area contributed by atoms with Crippen LogP contribution in [0.5, 0.6) is 5.75 Å². The molecule has 2 aliphatic rings. The summed E-state index contributed by atoms with van der Waals surface area (Å²) in [6.45, 7) is 7.38. The lowest BCUT2D eigenvalue weighted by molar-refractivity contribution is -0.0856. The average molecular weight is 603 g/mol. The first-order chi connectivity index (χ1) is 21.1. The maximum Gasteiger partial charge on any atom is 0.142 e. The zero-order valence-electron chi connectivity index (χ0n) is 26.0. The molecule has 1 fully saturated rings. The summed E-state index contributed by atoms with van der Waals surface area (Å²) < 4.78 is 40.1. The Labute approximate surface area is 256 Å². The van der Waals surface area contributed by atoms with Crippen LogP contribution in [0.2, 0.25) is 0 Å². The van der Waals surface area contributed by atoms with Gasteiger partial charge in [-0.05, 0) is 41.7 Å². The number of rotatable bonds is 19. The number of hydrogen-bond donors (Lipinski definition) is 2. The van der Waals surface area contributed by atoms with Gasteiger partial charge in [-0.15, -0.1) is 0 Å². The largest absolute Gasteiger partial charge is 0.490 e. The highest BCUT2D eigenvalue weighted by Crippen LogP contribution is 2.34. The zero-order chi connectivity index (χ0) is 30.3. The van der Waals surface area contributed by atoms with E-state index in [9.17, 15) is 5.11 Å². The molecule has 0 bridgehead atoms. The molecule has 10 heteroatoms. The Morgan fingerprint density at radius 2 is 1.60 bits per heavy atom. The fourth-order valence-corrected chi connectivity index (χ4v) is 5.67.